The molecule has 0 bridgehead atoms. The zero-order valence-corrected chi connectivity index (χ0v) is 4.41. The van der Waals surface area contributed by atoms with Crippen molar-refractivity contribution in [2.75, 3.05) is 0 Å². The minimum atomic E-state index is -1.24. The zero-order valence-electron chi connectivity index (χ0n) is 3.65. The van der Waals surface area contributed by atoms with Crippen LogP contribution in [0.4, 0.5) is 4.39 Å². The molecule has 40 valence electrons. The van der Waals surface area contributed by atoms with Gasteiger partial charge in [-0.15, -0.1) is 0 Å². The molecule has 2 nitrogen and oxygen atoms in total. The molecule has 0 saturated heterocycles. The van der Waals surface area contributed by atoms with Gasteiger partial charge < -0.3 is 0 Å². The number of allylic oxidation sites excluding steroid dienone is 2. The van der Waals surface area contributed by atoms with E-state index in [1.165, 1.54) is 6.07 Å². The van der Waals surface area contributed by atoms with Crippen LogP contribution in [0.5, 0.6) is 0 Å². The van der Waals surface area contributed by atoms with E-state index in [1.54, 1.807) is 0 Å². The van der Waals surface area contributed by atoms with Crippen LogP contribution in [0.2, 0.25) is 0 Å². The van der Waals surface area contributed by atoms with Crippen LogP contribution in [-0.2, 0) is 0 Å². The van der Waals surface area contributed by atoms with Crippen LogP contribution < -0.4 is 0 Å². The normalized spacial score (nSPS) is 11.0. The molecular formula is C4ClFN2. The van der Waals surface area contributed by atoms with Crippen molar-refractivity contribution in [2.24, 2.45) is 0 Å². The molecule has 4 heteroatoms. The average molecular weight is 131 g/mol. The van der Waals surface area contributed by atoms with Gasteiger partial charge in [-0.1, -0.05) is 11.6 Å². The Morgan fingerprint density at radius 3 is 2.00 bits per heavy atom. The topological polar surface area (TPSA) is 47.6 Å². The molecule has 0 aliphatic rings. The van der Waals surface area contributed by atoms with Crippen LogP contribution in [0.3, 0.4) is 0 Å². The fourth-order valence-corrected chi connectivity index (χ4v) is 0.140. The molecule has 0 unspecified atom stereocenters. The fraction of sp³-hybridized carbons (Fsp3) is 0. The van der Waals surface area contributed by atoms with Gasteiger partial charge in [-0.2, -0.15) is 14.9 Å². The van der Waals surface area contributed by atoms with Crippen LogP contribution >= 0.6 is 11.6 Å². The maximum Gasteiger partial charge on any atom is 0.229 e. The third kappa shape index (κ3) is 1.59. The summed E-state index contributed by atoms with van der Waals surface area (Å²) in [7, 11) is 0. The van der Waals surface area contributed by atoms with Crippen LogP contribution in [0.25, 0.3) is 0 Å². The summed E-state index contributed by atoms with van der Waals surface area (Å²) in [5.74, 6) is -1.24. The number of halogens is 2. The molecule has 0 N–H and O–H groups in total. The lowest BCUT2D eigenvalue weighted by atomic mass is 10.5. The first-order chi connectivity index (χ1) is 3.72. The summed E-state index contributed by atoms with van der Waals surface area (Å²) in [5, 5.41) is 14.8. The van der Waals surface area contributed by atoms with E-state index >= 15 is 0 Å². The van der Waals surface area contributed by atoms with E-state index in [-0.39, 0.29) is 0 Å². The Hall–Kier alpha value is -1.06. The SMILES string of the molecule is N#C/C(F)=C(\Cl)C#N. The highest BCUT2D eigenvalue weighted by Crippen LogP contribution is 2.06. The van der Waals surface area contributed by atoms with Crippen LogP contribution in [0.1, 0.15) is 0 Å². The van der Waals surface area contributed by atoms with E-state index in [9.17, 15) is 4.39 Å². The van der Waals surface area contributed by atoms with Crippen molar-refractivity contribution in [3.05, 3.63) is 10.9 Å². The molecule has 0 amide bonds. The van der Waals surface area contributed by atoms with Crippen molar-refractivity contribution in [3.63, 3.8) is 0 Å². The van der Waals surface area contributed by atoms with Gasteiger partial charge in [0.25, 0.3) is 0 Å². The van der Waals surface area contributed by atoms with Crippen molar-refractivity contribution in [1.82, 2.24) is 0 Å². The Morgan fingerprint density at radius 1 is 1.38 bits per heavy atom. The van der Waals surface area contributed by atoms with Crippen molar-refractivity contribution in [3.8, 4) is 12.1 Å². The molecule has 0 heterocycles. The zero-order chi connectivity index (χ0) is 6.57. The van der Waals surface area contributed by atoms with E-state index in [4.69, 9.17) is 22.1 Å². The van der Waals surface area contributed by atoms with Crippen molar-refractivity contribution < 1.29 is 4.39 Å². The summed E-state index contributed by atoms with van der Waals surface area (Å²) in [4.78, 5) is 0. The molecule has 0 spiro atoms. The molecule has 0 radical (unpaired) electrons. The predicted molar refractivity (Wildman–Crippen MR) is 25.2 cm³/mol. The highest BCUT2D eigenvalue weighted by Gasteiger charge is 1.97. The van der Waals surface area contributed by atoms with Crippen LogP contribution in [0, 0.1) is 22.7 Å². The lowest BCUT2D eigenvalue weighted by molar-refractivity contribution is 0.670. The van der Waals surface area contributed by atoms with Crippen LogP contribution in [0.15, 0.2) is 10.9 Å². The van der Waals surface area contributed by atoms with Crippen molar-refractivity contribution in [2.45, 2.75) is 0 Å². The van der Waals surface area contributed by atoms with Gasteiger partial charge in [0.05, 0.1) is 0 Å². The van der Waals surface area contributed by atoms with Crippen LogP contribution in [-0.4, -0.2) is 0 Å². The Morgan fingerprint density at radius 2 is 1.88 bits per heavy atom. The van der Waals surface area contributed by atoms with Crippen molar-refractivity contribution >= 4 is 11.6 Å². The van der Waals surface area contributed by atoms with Gasteiger partial charge in [-0.3, -0.25) is 0 Å². The van der Waals surface area contributed by atoms with Gasteiger partial charge in [0.15, 0.2) is 5.03 Å². The summed E-state index contributed by atoms with van der Waals surface area (Å²) < 4.78 is 11.7. The third-order valence-corrected chi connectivity index (χ3v) is 0.639. The molecule has 0 fully saturated rings. The van der Waals surface area contributed by atoms with Gasteiger partial charge in [-0.05, 0) is 0 Å². The van der Waals surface area contributed by atoms with Gasteiger partial charge in [0.1, 0.15) is 12.1 Å². The minimum absolute atomic E-state index is 0.701. The molecule has 0 aliphatic carbocycles. The van der Waals surface area contributed by atoms with E-state index < -0.39 is 10.9 Å². The highest BCUT2D eigenvalue weighted by atomic mass is 35.5. The second-order valence-corrected chi connectivity index (χ2v) is 1.23. The second-order valence-electron chi connectivity index (χ2n) is 0.852. The molecule has 0 aromatic carbocycles. The Bertz CT molecular complexity index is 173. The van der Waals surface area contributed by atoms with E-state index in [0.717, 1.165) is 6.07 Å². The van der Waals surface area contributed by atoms with Crippen molar-refractivity contribution in [1.29, 1.82) is 10.5 Å². The van der Waals surface area contributed by atoms with Gasteiger partial charge in [-0.25, -0.2) is 0 Å². The largest absolute Gasteiger partial charge is 0.229 e. The summed E-state index contributed by atoms with van der Waals surface area (Å²) in [6, 6.07) is 2.34. The summed E-state index contributed by atoms with van der Waals surface area (Å²) in [5.41, 5.74) is 0. The predicted octanol–water partition coefficient (Wildman–Crippen LogP) is 1.45. The molecule has 0 atom stereocenters. The van der Waals surface area contributed by atoms with Gasteiger partial charge in [0, 0.05) is 0 Å². The van der Waals surface area contributed by atoms with Gasteiger partial charge >= 0.3 is 0 Å². The number of rotatable bonds is 0. The molecule has 0 saturated carbocycles. The minimum Gasteiger partial charge on any atom is -0.192 e. The Kier molecular flexibility index (Phi) is 2.61. The van der Waals surface area contributed by atoms with E-state index in [1.807, 2.05) is 0 Å². The smallest absolute Gasteiger partial charge is 0.192 e. The molecule has 0 aromatic rings. The first-order valence-corrected chi connectivity index (χ1v) is 1.95. The van der Waals surface area contributed by atoms with Gasteiger partial charge in [0.2, 0.25) is 5.83 Å². The van der Waals surface area contributed by atoms with E-state index in [2.05, 4.69) is 0 Å². The van der Waals surface area contributed by atoms with E-state index in [0.29, 0.717) is 0 Å². The lowest BCUT2D eigenvalue weighted by Gasteiger charge is -1.74. The summed E-state index contributed by atoms with van der Waals surface area (Å²) in [6.07, 6.45) is 0. The number of nitrogens with zero attached hydrogens (tertiary/aromatic N) is 2. The monoisotopic (exact) mass is 130 g/mol. The number of hydrogen-bond acceptors (Lipinski definition) is 2. The summed E-state index contributed by atoms with van der Waals surface area (Å²) >= 11 is 4.84. The molecular weight excluding hydrogens is 131 g/mol. The maximum atomic E-state index is 11.7. The second kappa shape index (κ2) is 3.01. The third-order valence-electron chi connectivity index (χ3n) is 0.389. The quantitative estimate of drug-likeness (QED) is 0.466. The number of nitriles is 2. The fourth-order valence-electron chi connectivity index (χ4n) is 0.0982. The molecule has 8 heavy (non-hydrogen) atoms. The first-order valence-electron chi connectivity index (χ1n) is 1.58. The highest BCUT2D eigenvalue weighted by molar-refractivity contribution is 6.32. The molecule has 0 aliphatic heterocycles. The lowest BCUT2D eigenvalue weighted by Crippen LogP contribution is -1.68. The Balaban J connectivity index is 4.41. The number of hydrogen-bond donors (Lipinski definition) is 0. The summed E-state index contributed by atoms with van der Waals surface area (Å²) in [6.45, 7) is 0. The standard InChI is InChI=1S/C4ClFN2/c5-3(1-7)4(6)2-8/b4-3+. The maximum absolute atomic E-state index is 11.7. The molecule has 0 rings (SSSR count). The average Bonchev–Trinajstić information content (AvgIpc) is 1.84. The molecule has 0 aromatic heterocycles. The first kappa shape index (κ1) is 6.94. The Labute approximate surface area is 50.4 Å².